The smallest absolute Gasteiger partial charge is 0.257 e. The molecular formula is C11H12BrF2NO3S. The van der Waals surface area contributed by atoms with E-state index in [1.165, 1.54) is 0 Å². The van der Waals surface area contributed by atoms with Crippen molar-refractivity contribution in [3.8, 4) is 0 Å². The van der Waals surface area contributed by atoms with Gasteiger partial charge in [0.1, 0.15) is 27.0 Å². The fourth-order valence-corrected chi connectivity index (χ4v) is 2.45. The Morgan fingerprint density at radius 2 is 1.84 bits per heavy atom. The van der Waals surface area contributed by atoms with E-state index in [4.69, 9.17) is 0 Å². The number of hydrogen-bond acceptors (Lipinski definition) is 3. The summed E-state index contributed by atoms with van der Waals surface area (Å²) in [5.74, 6) is -2.96. The molecule has 106 valence electrons. The number of nitrogens with one attached hydrogen (secondary N) is 1. The first-order valence-electron chi connectivity index (χ1n) is 5.31. The number of hydrogen-bond donors (Lipinski definition) is 1. The average Bonchev–Trinajstić information content (AvgIpc) is 2.21. The predicted molar refractivity (Wildman–Crippen MR) is 70.7 cm³/mol. The fraction of sp³-hybridized carbons (Fsp3) is 0.364. The van der Waals surface area contributed by atoms with Crippen LogP contribution in [-0.4, -0.2) is 32.9 Å². The summed E-state index contributed by atoms with van der Waals surface area (Å²) < 4.78 is 48.8. The quantitative estimate of drug-likeness (QED) is 0.820. The van der Waals surface area contributed by atoms with Gasteiger partial charge in [0, 0.05) is 17.3 Å². The molecule has 0 bridgehead atoms. The van der Waals surface area contributed by atoms with Gasteiger partial charge in [-0.05, 0) is 18.6 Å². The first-order chi connectivity index (χ1) is 8.70. The Morgan fingerprint density at radius 3 is 2.32 bits per heavy atom. The van der Waals surface area contributed by atoms with Crippen LogP contribution in [-0.2, 0) is 9.84 Å². The molecule has 1 rings (SSSR count). The first kappa shape index (κ1) is 16.0. The highest BCUT2D eigenvalue weighted by Gasteiger charge is 2.18. The first-order valence-corrected chi connectivity index (χ1v) is 8.16. The van der Waals surface area contributed by atoms with Gasteiger partial charge >= 0.3 is 0 Å². The van der Waals surface area contributed by atoms with Crippen molar-refractivity contribution >= 4 is 31.7 Å². The third-order valence-corrected chi connectivity index (χ3v) is 3.70. The van der Waals surface area contributed by atoms with Gasteiger partial charge in [-0.25, -0.2) is 17.2 Å². The maximum atomic E-state index is 13.4. The van der Waals surface area contributed by atoms with E-state index in [-0.39, 0.29) is 23.2 Å². The Balaban J connectivity index is 2.65. The zero-order valence-electron chi connectivity index (χ0n) is 10.0. The van der Waals surface area contributed by atoms with Crippen LogP contribution in [0.3, 0.4) is 0 Å². The number of amides is 1. The summed E-state index contributed by atoms with van der Waals surface area (Å²) in [5.41, 5.74) is -0.678. The number of carbonyl (C=O) groups is 1. The van der Waals surface area contributed by atoms with E-state index in [1.807, 2.05) is 0 Å². The monoisotopic (exact) mass is 355 g/mol. The van der Waals surface area contributed by atoms with Crippen molar-refractivity contribution in [3.05, 3.63) is 33.8 Å². The van der Waals surface area contributed by atoms with Crippen LogP contribution < -0.4 is 5.32 Å². The van der Waals surface area contributed by atoms with E-state index < -0.39 is 32.9 Å². The van der Waals surface area contributed by atoms with E-state index >= 15 is 0 Å². The summed E-state index contributed by atoms with van der Waals surface area (Å²) >= 11 is 2.90. The van der Waals surface area contributed by atoms with Gasteiger partial charge < -0.3 is 5.32 Å². The Kier molecular flexibility index (Phi) is 5.42. The maximum Gasteiger partial charge on any atom is 0.257 e. The summed E-state index contributed by atoms with van der Waals surface area (Å²) in [6.07, 6.45) is 1.26. The molecule has 0 aliphatic heterocycles. The zero-order chi connectivity index (χ0) is 14.6. The highest BCUT2D eigenvalue weighted by atomic mass is 79.9. The molecular weight excluding hydrogens is 344 g/mol. The second-order valence-corrected chi connectivity index (χ2v) is 7.16. The molecule has 8 heteroatoms. The molecule has 19 heavy (non-hydrogen) atoms. The minimum absolute atomic E-state index is 0.0286. The molecule has 1 aromatic rings. The molecule has 0 aliphatic rings. The molecule has 0 unspecified atom stereocenters. The van der Waals surface area contributed by atoms with Crippen LogP contribution in [0.5, 0.6) is 0 Å². The second kappa shape index (κ2) is 6.42. The van der Waals surface area contributed by atoms with Crippen LogP contribution >= 0.6 is 15.9 Å². The summed E-state index contributed by atoms with van der Waals surface area (Å²) in [6, 6.07) is 1.96. The van der Waals surface area contributed by atoms with Crippen LogP contribution in [0.1, 0.15) is 16.8 Å². The Hall–Kier alpha value is -1.02. The molecule has 0 aliphatic carbocycles. The lowest BCUT2D eigenvalue weighted by Crippen LogP contribution is -2.27. The SMILES string of the molecule is CS(=O)(=O)CCCNC(=O)c1c(F)cc(Br)cc1F. The van der Waals surface area contributed by atoms with Crippen LogP contribution in [0, 0.1) is 11.6 Å². The highest BCUT2D eigenvalue weighted by molar-refractivity contribution is 9.10. The van der Waals surface area contributed by atoms with E-state index in [1.54, 1.807) is 0 Å². The molecule has 0 aromatic heterocycles. The molecule has 0 heterocycles. The van der Waals surface area contributed by atoms with Crippen molar-refractivity contribution in [3.63, 3.8) is 0 Å². The van der Waals surface area contributed by atoms with E-state index in [0.29, 0.717) is 0 Å². The number of sulfone groups is 1. The van der Waals surface area contributed by atoms with Crippen molar-refractivity contribution in [2.24, 2.45) is 0 Å². The van der Waals surface area contributed by atoms with Gasteiger partial charge in [0.05, 0.1) is 5.75 Å². The molecule has 1 amide bonds. The predicted octanol–water partition coefficient (Wildman–Crippen LogP) is 1.89. The lowest BCUT2D eigenvalue weighted by molar-refractivity contribution is 0.0945. The largest absolute Gasteiger partial charge is 0.352 e. The maximum absolute atomic E-state index is 13.4. The van der Waals surface area contributed by atoms with Gasteiger partial charge in [-0.1, -0.05) is 15.9 Å². The standard InChI is InChI=1S/C11H12BrF2NO3S/c1-19(17,18)4-2-3-15-11(16)10-8(13)5-7(12)6-9(10)14/h5-6H,2-4H2,1H3,(H,15,16). The van der Waals surface area contributed by atoms with Crippen LogP contribution in [0.25, 0.3) is 0 Å². The number of halogens is 3. The Morgan fingerprint density at radius 1 is 1.32 bits per heavy atom. The van der Waals surface area contributed by atoms with Gasteiger partial charge in [-0.3, -0.25) is 4.79 Å². The van der Waals surface area contributed by atoms with Crippen molar-refractivity contribution in [2.45, 2.75) is 6.42 Å². The van der Waals surface area contributed by atoms with Gasteiger partial charge in [0.15, 0.2) is 0 Å². The van der Waals surface area contributed by atoms with E-state index in [9.17, 15) is 22.0 Å². The Labute approximate surface area is 118 Å². The van der Waals surface area contributed by atoms with Crippen molar-refractivity contribution in [1.82, 2.24) is 5.32 Å². The van der Waals surface area contributed by atoms with Gasteiger partial charge in [-0.15, -0.1) is 0 Å². The van der Waals surface area contributed by atoms with Crippen molar-refractivity contribution in [1.29, 1.82) is 0 Å². The van der Waals surface area contributed by atoms with Gasteiger partial charge in [0.2, 0.25) is 0 Å². The van der Waals surface area contributed by atoms with Gasteiger partial charge in [-0.2, -0.15) is 0 Å². The molecule has 0 radical (unpaired) electrons. The summed E-state index contributed by atoms with van der Waals surface area (Å²) in [7, 11) is -3.11. The third kappa shape index (κ3) is 5.23. The molecule has 4 nitrogen and oxygen atoms in total. The number of rotatable bonds is 5. The Bertz CT molecular complexity index is 567. The van der Waals surface area contributed by atoms with Crippen LogP contribution in [0.4, 0.5) is 8.78 Å². The average molecular weight is 356 g/mol. The van der Waals surface area contributed by atoms with Crippen molar-refractivity contribution in [2.75, 3.05) is 18.6 Å². The highest BCUT2D eigenvalue weighted by Crippen LogP contribution is 2.19. The summed E-state index contributed by atoms with van der Waals surface area (Å²) in [5, 5.41) is 2.27. The molecule has 0 saturated heterocycles. The topological polar surface area (TPSA) is 63.2 Å². The van der Waals surface area contributed by atoms with E-state index in [2.05, 4.69) is 21.2 Å². The molecule has 0 atom stereocenters. The third-order valence-electron chi connectivity index (χ3n) is 2.21. The lowest BCUT2D eigenvalue weighted by atomic mass is 10.2. The molecule has 0 fully saturated rings. The molecule has 1 N–H and O–H groups in total. The fourth-order valence-electron chi connectivity index (χ4n) is 1.38. The normalized spacial score (nSPS) is 11.4. The lowest BCUT2D eigenvalue weighted by Gasteiger charge is -2.07. The molecule has 0 spiro atoms. The summed E-state index contributed by atoms with van der Waals surface area (Å²) in [4.78, 5) is 11.6. The minimum Gasteiger partial charge on any atom is -0.352 e. The van der Waals surface area contributed by atoms with E-state index in [0.717, 1.165) is 18.4 Å². The molecule has 1 aromatic carbocycles. The molecule has 0 saturated carbocycles. The van der Waals surface area contributed by atoms with Crippen LogP contribution in [0.15, 0.2) is 16.6 Å². The summed E-state index contributed by atoms with van der Waals surface area (Å²) in [6.45, 7) is 0.0286. The van der Waals surface area contributed by atoms with Crippen molar-refractivity contribution < 1.29 is 22.0 Å². The minimum atomic E-state index is -3.11. The zero-order valence-corrected chi connectivity index (χ0v) is 12.4. The van der Waals surface area contributed by atoms with Gasteiger partial charge in [0.25, 0.3) is 5.91 Å². The number of benzene rings is 1. The van der Waals surface area contributed by atoms with Crippen LogP contribution in [0.2, 0.25) is 0 Å². The number of carbonyl (C=O) groups excluding carboxylic acids is 1. The second-order valence-electron chi connectivity index (χ2n) is 3.98.